The van der Waals surface area contributed by atoms with E-state index in [4.69, 9.17) is 4.74 Å². The van der Waals surface area contributed by atoms with Gasteiger partial charge in [0.1, 0.15) is 16.8 Å². The molecule has 1 aliphatic rings. The lowest BCUT2D eigenvalue weighted by molar-refractivity contribution is -0.383. The highest BCUT2D eigenvalue weighted by Gasteiger charge is 2.26. The van der Waals surface area contributed by atoms with Crippen molar-refractivity contribution in [3.63, 3.8) is 0 Å². The monoisotopic (exact) mass is 507 g/mol. The van der Waals surface area contributed by atoms with Crippen LogP contribution in [0.15, 0.2) is 48.5 Å². The van der Waals surface area contributed by atoms with Crippen LogP contribution in [0.1, 0.15) is 49.7 Å². The number of para-hydroxylation sites is 1. The van der Waals surface area contributed by atoms with Gasteiger partial charge in [-0.05, 0) is 63.8 Å². The number of aromatic nitrogens is 1. The van der Waals surface area contributed by atoms with E-state index in [0.717, 1.165) is 24.1 Å². The maximum atomic E-state index is 13.0. The number of nitro groups is 1. The summed E-state index contributed by atoms with van der Waals surface area (Å²) in [6.45, 7) is 7.19. The predicted octanol–water partition coefficient (Wildman–Crippen LogP) is 4.86. The number of hydrogen-bond acceptors (Lipinski definition) is 6. The second-order valence-corrected chi connectivity index (χ2v) is 10.3. The zero-order chi connectivity index (χ0) is 26.6. The Hall–Kier alpha value is -4.08. The van der Waals surface area contributed by atoms with E-state index >= 15 is 0 Å². The molecule has 1 saturated heterocycles. The summed E-state index contributed by atoms with van der Waals surface area (Å²) < 4.78 is 5.24. The number of H-pyrrole nitrogens is 1. The third kappa shape index (κ3) is 6.78. The highest BCUT2D eigenvalue weighted by atomic mass is 16.6. The molecule has 10 heteroatoms. The van der Waals surface area contributed by atoms with Crippen LogP contribution < -0.4 is 10.6 Å². The minimum absolute atomic E-state index is 0.0372. The van der Waals surface area contributed by atoms with Crippen molar-refractivity contribution < 1.29 is 19.2 Å². The summed E-state index contributed by atoms with van der Waals surface area (Å²) in [6.07, 6.45) is 1.89. The van der Waals surface area contributed by atoms with Crippen molar-refractivity contribution in [1.82, 2.24) is 15.2 Å². The molecule has 0 spiro atoms. The van der Waals surface area contributed by atoms with Gasteiger partial charge in [-0.25, -0.2) is 4.79 Å². The van der Waals surface area contributed by atoms with E-state index in [1.807, 2.05) is 45.0 Å². The summed E-state index contributed by atoms with van der Waals surface area (Å²) in [5.74, 6) is -0.145. The first-order valence-corrected chi connectivity index (χ1v) is 12.5. The Labute approximate surface area is 215 Å². The van der Waals surface area contributed by atoms with Crippen molar-refractivity contribution in [3.8, 4) is 0 Å². The van der Waals surface area contributed by atoms with Crippen LogP contribution in [0.25, 0.3) is 10.9 Å². The molecule has 0 bridgehead atoms. The fourth-order valence-electron chi connectivity index (χ4n) is 4.43. The molecule has 0 saturated carbocycles. The Morgan fingerprint density at radius 2 is 1.84 bits per heavy atom. The number of aromatic amines is 1. The van der Waals surface area contributed by atoms with Gasteiger partial charge in [0.25, 0.3) is 11.6 Å². The summed E-state index contributed by atoms with van der Waals surface area (Å²) >= 11 is 0. The Bertz CT molecular complexity index is 1270. The van der Waals surface area contributed by atoms with Gasteiger partial charge in [-0.3, -0.25) is 14.9 Å². The lowest BCUT2D eigenvalue weighted by Crippen LogP contribution is -2.42. The number of anilines is 1. The molecular formula is C27H33N5O5. The number of benzene rings is 2. The number of ether oxygens (including phenoxy) is 1. The third-order valence-electron chi connectivity index (χ3n) is 6.25. The largest absolute Gasteiger partial charge is 0.444 e. The number of piperidine rings is 1. The van der Waals surface area contributed by atoms with E-state index in [1.165, 1.54) is 6.07 Å². The van der Waals surface area contributed by atoms with Gasteiger partial charge < -0.3 is 25.3 Å². The van der Waals surface area contributed by atoms with Crippen LogP contribution >= 0.6 is 0 Å². The van der Waals surface area contributed by atoms with E-state index in [9.17, 15) is 19.7 Å². The number of non-ortho nitro benzene ring substituents is 1. The van der Waals surface area contributed by atoms with Crippen LogP contribution in [0.4, 0.5) is 16.2 Å². The Kier molecular flexibility index (Phi) is 7.66. The van der Waals surface area contributed by atoms with E-state index in [-0.39, 0.29) is 17.6 Å². The fourth-order valence-corrected chi connectivity index (χ4v) is 4.43. The van der Waals surface area contributed by atoms with Gasteiger partial charge in [0.05, 0.1) is 4.92 Å². The predicted molar refractivity (Wildman–Crippen MR) is 142 cm³/mol. The van der Waals surface area contributed by atoms with Crippen LogP contribution in [0, 0.1) is 10.1 Å². The number of hydrogen-bond donors (Lipinski definition) is 3. The van der Waals surface area contributed by atoms with Crippen molar-refractivity contribution >= 4 is 34.3 Å². The van der Waals surface area contributed by atoms with Gasteiger partial charge in [-0.1, -0.05) is 24.3 Å². The number of nitrogens with zero attached hydrogens (tertiary/aromatic N) is 2. The fraction of sp³-hybridized carbons (Fsp3) is 0.407. The maximum Gasteiger partial charge on any atom is 0.407 e. The number of fused-ring (bicyclic) bond motifs is 1. The minimum atomic E-state index is -0.513. The van der Waals surface area contributed by atoms with Crippen LogP contribution in [-0.2, 0) is 11.2 Å². The second kappa shape index (κ2) is 10.9. The second-order valence-electron chi connectivity index (χ2n) is 10.3. The first kappa shape index (κ1) is 26.0. The van der Waals surface area contributed by atoms with E-state index in [1.54, 1.807) is 23.1 Å². The zero-order valence-electron chi connectivity index (χ0n) is 21.4. The molecule has 10 nitrogen and oxygen atoms in total. The zero-order valence-corrected chi connectivity index (χ0v) is 21.4. The van der Waals surface area contributed by atoms with Crippen molar-refractivity contribution in [2.75, 3.05) is 25.0 Å². The summed E-state index contributed by atoms with van der Waals surface area (Å²) in [7, 11) is 0. The first-order valence-electron chi connectivity index (χ1n) is 12.5. The Morgan fingerprint density at radius 1 is 1.14 bits per heavy atom. The molecular weight excluding hydrogens is 474 g/mol. The number of amides is 2. The van der Waals surface area contributed by atoms with E-state index in [2.05, 4.69) is 15.6 Å². The number of carbonyl (C=O) groups excluding carboxylic acids is 2. The van der Waals surface area contributed by atoms with E-state index < -0.39 is 16.6 Å². The van der Waals surface area contributed by atoms with Gasteiger partial charge >= 0.3 is 6.09 Å². The molecule has 0 aliphatic carbocycles. The normalized spacial score (nSPS) is 14.4. The Balaban J connectivity index is 1.25. The van der Waals surface area contributed by atoms with Crippen molar-refractivity contribution in [2.24, 2.45) is 0 Å². The lowest BCUT2D eigenvalue weighted by Gasteiger charge is -2.32. The van der Waals surface area contributed by atoms with Gasteiger partial charge in [-0.15, -0.1) is 0 Å². The van der Waals surface area contributed by atoms with Gasteiger partial charge in [-0.2, -0.15) is 0 Å². The van der Waals surface area contributed by atoms with Crippen molar-refractivity contribution in [1.29, 1.82) is 0 Å². The summed E-state index contributed by atoms with van der Waals surface area (Å²) in [5.41, 5.74) is 2.31. The minimum Gasteiger partial charge on any atom is -0.444 e. The molecule has 1 aliphatic heterocycles. The molecule has 3 aromatic rings. The van der Waals surface area contributed by atoms with Gasteiger partial charge in [0.2, 0.25) is 0 Å². The summed E-state index contributed by atoms with van der Waals surface area (Å²) in [6, 6.07) is 14.8. The van der Waals surface area contributed by atoms with Gasteiger partial charge in [0.15, 0.2) is 0 Å². The van der Waals surface area contributed by atoms with Crippen molar-refractivity contribution in [2.45, 2.75) is 51.7 Å². The SMILES string of the molecule is CC(C)(C)OC(=O)NCCc1ccc(NC2CCN(C(=O)c3cc4cccc([N+](=O)[O-])c4[nH]3)CC2)cc1. The third-order valence-corrected chi connectivity index (χ3v) is 6.25. The summed E-state index contributed by atoms with van der Waals surface area (Å²) in [4.78, 5) is 40.3. The molecule has 1 aromatic heterocycles. The molecule has 0 radical (unpaired) electrons. The highest BCUT2D eigenvalue weighted by Crippen LogP contribution is 2.26. The first-order chi connectivity index (χ1) is 17.6. The number of alkyl carbamates (subject to hydrolysis) is 1. The molecule has 2 aromatic carbocycles. The average molecular weight is 508 g/mol. The molecule has 196 valence electrons. The smallest absolute Gasteiger partial charge is 0.407 e. The lowest BCUT2D eigenvalue weighted by atomic mass is 10.0. The maximum absolute atomic E-state index is 13.0. The average Bonchev–Trinajstić information content (AvgIpc) is 3.28. The molecule has 2 heterocycles. The number of rotatable bonds is 7. The topological polar surface area (TPSA) is 130 Å². The molecule has 2 amide bonds. The summed E-state index contributed by atoms with van der Waals surface area (Å²) in [5, 5.41) is 18.2. The van der Waals surface area contributed by atoms with Gasteiger partial charge in [0, 0.05) is 42.8 Å². The van der Waals surface area contributed by atoms with Crippen LogP contribution in [0.2, 0.25) is 0 Å². The molecule has 1 fully saturated rings. The Morgan fingerprint density at radius 3 is 2.49 bits per heavy atom. The molecule has 3 N–H and O–H groups in total. The molecule has 0 atom stereocenters. The number of carbonyl (C=O) groups is 2. The molecule has 4 rings (SSSR count). The molecule has 0 unspecified atom stereocenters. The number of nitrogens with one attached hydrogen (secondary N) is 3. The van der Waals surface area contributed by atoms with Crippen LogP contribution in [-0.4, -0.2) is 58.1 Å². The van der Waals surface area contributed by atoms with Crippen LogP contribution in [0.5, 0.6) is 0 Å². The van der Waals surface area contributed by atoms with Crippen LogP contribution in [0.3, 0.4) is 0 Å². The van der Waals surface area contributed by atoms with Crippen molar-refractivity contribution in [3.05, 3.63) is 69.9 Å². The quantitative estimate of drug-likeness (QED) is 0.309. The number of nitro benzene ring substituents is 1. The van der Waals surface area contributed by atoms with E-state index in [0.29, 0.717) is 42.7 Å². The standard InChI is InChI=1S/C27H33N5O5/c1-27(2,3)37-26(34)28-14-11-18-7-9-20(10-8-18)29-21-12-15-31(16-13-21)25(33)22-17-19-5-4-6-23(32(35)36)24(19)30-22/h4-10,17,21,29-30H,11-16H2,1-3H3,(H,28,34). The highest BCUT2D eigenvalue weighted by molar-refractivity contribution is 6.00. The molecule has 37 heavy (non-hydrogen) atoms. The number of likely N-dealkylation sites (tertiary alicyclic amines) is 1.